The first-order chi connectivity index (χ1) is 13.6. The van der Waals surface area contributed by atoms with Gasteiger partial charge in [-0.1, -0.05) is 80.9 Å². The van der Waals surface area contributed by atoms with Crippen molar-refractivity contribution in [2.24, 2.45) is 0 Å². The standard InChI is InChI=1S/C24H35N3O/c1-18(2)25-17-11-10-16-22-24(28)27(19(3)26-22)23(20-12-6-4-7-13-20)21-14-8-5-9-15-21/h4-9,12-15,18-19,22-26,28H,10-11,16-17H2,1-3H3/t19-,22?,24?/m1/s1. The first kappa shape index (κ1) is 21.0. The van der Waals surface area contributed by atoms with Gasteiger partial charge in [0.1, 0.15) is 6.23 Å². The van der Waals surface area contributed by atoms with Crippen molar-refractivity contribution in [3.8, 4) is 0 Å². The molecule has 2 aromatic rings. The number of nitrogens with zero attached hydrogens (tertiary/aromatic N) is 1. The molecule has 0 amide bonds. The van der Waals surface area contributed by atoms with E-state index in [1.54, 1.807) is 0 Å². The summed E-state index contributed by atoms with van der Waals surface area (Å²) in [5, 5.41) is 18.3. The van der Waals surface area contributed by atoms with E-state index < -0.39 is 6.23 Å². The van der Waals surface area contributed by atoms with E-state index in [2.05, 4.69) is 84.8 Å². The van der Waals surface area contributed by atoms with E-state index in [0.717, 1.165) is 25.8 Å². The van der Waals surface area contributed by atoms with Crippen LogP contribution in [0, 0.1) is 0 Å². The molecule has 1 fully saturated rings. The Hall–Kier alpha value is -1.72. The van der Waals surface area contributed by atoms with Gasteiger partial charge in [0.2, 0.25) is 0 Å². The Bertz CT molecular complexity index is 652. The maximum atomic E-state index is 11.2. The summed E-state index contributed by atoms with van der Waals surface area (Å²) in [5.41, 5.74) is 2.42. The average Bonchev–Trinajstić information content (AvgIpc) is 2.97. The van der Waals surface area contributed by atoms with E-state index in [0.29, 0.717) is 6.04 Å². The summed E-state index contributed by atoms with van der Waals surface area (Å²) in [6.07, 6.45) is 2.84. The molecular formula is C24H35N3O. The van der Waals surface area contributed by atoms with Gasteiger partial charge < -0.3 is 10.4 Å². The fraction of sp³-hybridized carbons (Fsp3) is 0.500. The van der Waals surface area contributed by atoms with Gasteiger partial charge in [0.05, 0.1) is 12.2 Å². The Kier molecular flexibility index (Phi) is 7.63. The molecule has 3 N–H and O–H groups in total. The fourth-order valence-corrected chi connectivity index (χ4v) is 4.21. The maximum absolute atomic E-state index is 11.2. The summed E-state index contributed by atoms with van der Waals surface area (Å²) in [5.74, 6) is 0. The zero-order valence-corrected chi connectivity index (χ0v) is 17.4. The van der Waals surface area contributed by atoms with Crippen molar-refractivity contribution in [3.05, 3.63) is 71.8 Å². The number of nitrogens with one attached hydrogen (secondary N) is 2. The lowest BCUT2D eigenvalue weighted by atomic mass is 9.96. The van der Waals surface area contributed by atoms with Crippen LogP contribution in [0.5, 0.6) is 0 Å². The zero-order chi connectivity index (χ0) is 19.9. The molecule has 3 rings (SSSR count). The second kappa shape index (κ2) is 10.2. The van der Waals surface area contributed by atoms with Crippen molar-refractivity contribution in [2.45, 2.75) is 70.6 Å². The highest BCUT2D eigenvalue weighted by Crippen LogP contribution is 2.35. The highest BCUT2D eigenvalue weighted by molar-refractivity contribution is 5.32. The molecular weight excluding hydrogens is 346 g/mol. The van der Waals surface area contributed by atoms with Crippen molar-refractivity contribution in [2.75, 3.05) is 6.54 Å². The number of rotatable bonds is 9. The number of aliphatic hydroxyl groups is 1. The van der Waals surface area contributed by atoms with Crippen LogP contribution in [0.3, 0.4) is 0 Å². The average molecular weight is 382 g/mol. The zero-order valence-electron chi connectivity index (χ0n) is 17.4. The lowest BCUT2D eigenvalue weighted by Crippen LogP contribution is -2.41. The quantitative estimate of drug-likeness (QED) is 0.577. The van der Waals surface area contributed by atoms with Gasteiger partial charge in [0.25, 0.3) is 0 Å². The molecule has 0 aromatic heterocycles. The number of hydrogen-bond donors (Lipinski definition) is 3. The summed E-state index contributed by atoms with van der Waals surface area (Å²) in [4.78, 5) is 2.22. The van der Waals surface area contributed by atoms with E-state index >= 15 is 0 Å². The van der Waals surface area contributed by atoms with Crippen LogP contribution in [0.1, 0.15) is 57.2 Å². The Morgan fingerprint density at radius 2 is 1.54 bits per heavy atom. The van der Waals surface area contributed by atoms with Gasteiger partial charge in [-0.15, -0.1) is 0 Å². The van der Waals surface area contributed by atoms with Gasteiger partial charge in [-0.2, -0.15) is 0 Å². The molecule has 0 spiro atoms. The molecule has 1 heterocycles. The Labute approximate surface area is 170 Å². The normalized spacial score (nSPS) is 23.0. The van der Waals surface area contributed by atoms with Crippen LogP contribution in [-0.2, 0) is 0 Å². The lowest BCUT2D eigenvalue weighted by Gasteiger charge is -2.34. The second-order valence-electron chi connectivity index (χ2n) is 8.14. The smallest absolute Gasteiger partial charge is 0.124 e. The number of benzene rings is 2. The van der Waals surface area contributed by atoms with Crippen LogP contribution < -0.4 is 10.6 Å². The predicted molar refractivity (Wildman–Crippen MR) is 116 cm³/mol. The van der Waals surface area contributed by atoms with Crippen LogP contribution >= 0.6 is 0 Å². The van der Waals surface area contributed by atoms with Gasteiger partial charge in [-0.3, -0.25) is 10.2 Å². The van der Waals surface area contributed by atoms with Crippen molar-refractivity contribution in [1.82, 2.24) is 15.5 Å². The largest absolute Gasteiger partial charge is 0.377 e. The second-order valence-corrected chi connectivity index (χ2v) is 8.14. The molecule has 4 nitrogen and oxygen atoms in total. The van der Waals surface area contributed by atoms with E-state index in [9.17, 15) is 5.11 Å². The van der Waals surface area contributed by atoms with E-state index in [4.69, 9.17) is 0 Å². The number of aliphatic hydroxyl groups excluding tert-OH is 1. The Morgan fingerprint density at radius 3 is 2.07 bits per heavy atom. The molecule has 4 heteroatoms. The first-order valence-corrected chi connectivity index (χ1v) is 10.6. The maximum Gasteiger partial charge on any atom is 0.124 e. The SMILES string of the molecule is CC(C)NCCCCC1N[C@@H](C)N(C(c2ccccc2)c2ccccc2)C1O. The third-order valence-corrected chi connectivity index (χ3v) is 5.59. The van der Waals surface area contributed by atoms with Gasteiger partial charge >= 0.3 is 0 Å². The summed E-state index contributed by atoms with van der Waals surface area (Å²) >= 11 is 0. The highest BCUT2D eigenvalue weighted by Gasteiger charge is 2.41. The molecule has 152 valence electrons. The van der Waals surface area contributed by atoms with Crippen LogP contribution in [0.15, 0.2) is 60.7 Å². The minimum absolute atomic E-state index is 0.0347. The van der Waals surface area contributed by atoms with Crippen molar-refractivity contribution in [1.29, 1.82) is 0 Å². The fourth-order valence-electron chi connectivity index (χ4n) is 4.21. The minimum atomic E-state index is -0.501. The highest BCUT2D eigenvalue weighted by atomic mass is 16.3. The summed E-state index contributed by atoms with van der Waals surface area (Å²) in [6.45, 7) is 7.54. The molecule has 1 aliphatic heterocycles. The van der Waals surface area contributed by atoms with Crippen molar-refractivity contribution in [3.63, 3.8) is 0 Å². The van der Waals surface area contributed by atoms with E-state index in [-0.39, 0.29) is 18.2 Å². The van der Waals surface area contributed by atoms with Crippen molar-refractivity contribution < 1.29 is 5.11 Å². The lowest BCUT2D eigenvalue weighted by molar-refractivity contribution is -0.0100. The van der Waals surface area contributed by atoms with Crippen molar-refractivity contribution >= 4 is 0 Å². The minimum Gasteiger partial charge on any atom is -0.377 e. The molecule has 1 saturated heterocycles. The molecule has 2 unspecified atom stereocenters. The van der Waals surface area contributed by atoms with Crippen LogP contribution in [0.25, 0.3) is 0 Å². The third-order valence-electron chi connectivity index (χ3n) is 5.59. The molecule has 28 heavy (non-hydrogen) atoms. The van der Waals surface area contributed by atoms with Crippen LogP contribution in [0.2, 0.25) is 0 Å². The van der Waals surface area contributed by atoms with Crippen LogP contribution in [0.4, 0.5) is 0 Å². The third kappa shape index (κ3) is 5.21. The topological polar surface area (TPSA) is 47.5 Å². The molecule has 2 aromatic carbocycles. The molecule has 1 aliphatic rings. The van der Waals surface area contributed by atoms with Gasteiger partial charge in [0, 0.05) is 12.1 Å². The summed E-state index contributed by atoms with van der Waals surface area (Å²) in [6, 6.07) is 21.7. The van der Waals surface area contributed by atoms with Crippen LogP contribution in [-0.4, -0.2) is 41.0 Å². The molecule has 3 atom stereocenters. The Morgan fingerprint density at radius 1 is 0.964 bits per heavy atom. The molecule has 0 saturated carbocycles. The first-order valence-electron chi connectivity index (χ1n) is 10.6. The molecule has 0 aliphatic carbocycles. The molecule has 0 bridgehead atoms. The van der Waals surface area contributed by atoms with Gasteiger partial charge in [-0.25, -0.2) is 0 Å². The molecule has 0 radical (unpaired) electrons. The van der Waals surface area contributed by atoms with Gasteiger partial charge in [0.15, 0.2) is 0 Å². The van der Waals surface area contributed by atoms with E-state index in [1.165, 1.54) is 11.1 Å². The summed E-state index contributed by atoms with van der Waals surface area (Å²) < 4.78 is 0. The predicted octanol–water partition coefficient (Wildman–Crippen LogP) is 3.88. The number of hydrogen-bond acceptors (Lipinski definition) is 4. The monoisotopic (exact) mass is 381 g/mol. The van der Waals surface area contributed by atoms with E-state index in [1.807, 2.05) is 12.1 Å². The number of unbranched alkanes of at least 4 members (excludes halogenated alkanes) is 1. The van der Waals surface area contributed by atoms with Gasteiger partial charge in [-0.05, 0) is 37.4 Å². The Balaban J connectivity index is 1.72. The summed E-state index contributed by atoms with van der Waals surface area (Å²) in [7, 11) is 0.